The summed E-state index contributed by atoms with van der Waals surface area (Å²) in [5, 5.41) is 0. The molecule has 0 bridgehead atoms. The lowest BCUT2D eigenvalue weighted by molar-refractivity contribution is 0.0976. The molecule has 5 rings (SSSR count). The van der Waals surface area contributed by atoms with Crippen molar-refractivity contribution in [1.82, 2.24) is 0 Å². The Morgan fingerprint density at radius 1 is 0.500 bits per heavy atom. The van der Waals surface area contributed by atoms with Crippen LogP contribution in [0.4, 0.5) is 0 Å². The largest absolute Gasteiger partial charge is 0.378 e. The first-order valence-electron chi connectivity index (χ1n) is 11.4. The third kappa shape index (κ3) is 4.48. The number of aryl methyl sites for hydroxylation is 2. The van der Waals surface area contributed by atoms with Gasteiger partial charge in [0.1, 0.15) is 9.79 Å². The third-order valence-electron chi connectivity index (χ3n) is 6.01. The summed E-state index contributed by atoms with van der Waals surface area (Å²) >= 11 is 0. The van der Waals surface area contributed by atoms with Crippen LogP contribution in [0.3, 0.4) is 0 Å². The second kappa shape index (κ2) is 9.23. The molecule has 10 heteroatoms. The molecule has 0 saturated carbocycles. The standard InChI is InChI=1S/C28H20O8S2/c1-17-9-13-19(14-10-17)37(31,32)35-23-7-3-5-21-25(23)28(30)26-22(27(21)29)6-4-8-24(26)36-38(33,34)20-15-11-18(2)12-16-20/h3-16H,1-2H3. The second-order valence-corrected chi connectivity index (χ2v) is 11.8. The van der Waals surface area contributed by atoms with Crippen LogP contribution in [0.25, 0.3) is 0 Å². The SMILES string of the molecule is Cc1ccc(S(=O)(=O)Oc2cccc3c2C(=O)c2c(OS(=O)(=O)c4ccc(C)cc4)cccc2C3=O)cc1. The van der Waals surface area contributed by atoms with Crippen LogP contribution in [0.2, 0.25) is 0 Å². The van der Waals surface area contributed by atoms with E-state index in [1.807, 2.05) is 0 Å². The molecule has 0 heterocycles. The number of carbonyl (C=O) groups excluding carboxylic acids is 2. The number of hydrogen-bond donors (Lipinski definition) is 0. The van der Waals surface area contributed by atoms with Crippen LogP contribution < -0.4 is 8.37 Å². The first-order valence-corrected chi connectivity index (χ1v) is 14.2. The van der Waals surface area contributed by atoms with Gasteiger partial charge in [-0.1, -0.05) is 59.7 Å². The molecule has 0 atom stereocenters. The summed E-state index contributed by atoms with van der Waals surface area (Å²) in [5.74, 6) is -2.13. The van der Waals surface area contributed by atoms with E-state index in [1.54, 1.807) is 38.1 Å². The second-order valence-electron chi connectivity index (χ2n) is 8.72. The molecule has 0 unspecified atom stereocenters. The molecular weight excluding hydrogens is 528 g/mol. The topological polar surface area (TPSA) is 121 Å². The Morgan fingerprint density at radius 2 is 0.868 bits per heavy atom. The van der Waals surface area contributed by atoms with Crippen molar-refractivity contribution < 1.29 is 34.8 Å². The van der Waals surface area contributed by atoms with Gasteiger partial charge in [0.25, 0.3) is 0 Å². The van der Waals surface area contributed by atoms with Crippen molar-refractivity contribution in [3.8, 4) is 11.5 Å². The number of carbonyl (C=O) groups is 2. The van der Waals surface area contributed by atoms with E-state index in [2.05, 4.69) is 0 Å². The lowest BCUT2D eigenvalue weighted by Crippen LogP contribution is -2.24. The zero-order chi connectivity index (χ0) is 27.2. The van der Waals surface area contributed by atoms with Crippen LogP contribution in [0.1, 0.15) is 43.0 Å². The maximum Gasteiger partial charge on any atom is 0.339 e. The summed E-state index contributed by atoms with van der Waals surface area (Å²) in [6.07, 6.45) is 0. The average Bonchev–Trinajstić information content (AvgIpc) is 2.87. The number of benzene rings is 4. The van der Waals surface area contributed by atoms with Gasteiger partial charge >= 0.3 is 20.2 Å². The zero-order valence-electron chi connectivity index (χ0n) is 20.2. The Bertz CT molecular complexity index is 1690. The summed E-state index contributed by atoms with van der Waals surface area (Å²) < 4.78 is 62.4. The van der Waals surface area contributed by atoms with E-state index in [4.69, 9.17) is 8.37 Å². The molecule has 0 aromatic heterocycles. The van der Waals surface area contributed by atoms with E-state index in [1.165, 1.54) is 60.7 Å². The predicted molar refractivity (Wildman–Crippen MR) is 138 cm³/mol. The van der Waals surface area contributed by atoms with Gasteiger partial charge in [0.2, 0.25) is 5.78 Å². The van der Waals surface area contributed by atoms with Gasteiger partial charge in [-0.15, -0.1) is 0 Å². The van der Waals surface area contributed by atoms with Crippen LogP contribution in [0.15, 0.2) is 94.7 Å². The summed E-state index contributed by atoms with van der Waals surface area (Å²) in [5.41, 5.74) is 0.933. The summed E-state index contributed by atoms with van der Waals surface area (Å²) in [6, 6.07) is 19.9. The molecule has 192 valence electrons. The first kappa shape index (κ1) is 25.4. The fourth-order valence-corrected chi connectivity index (χ4v) is 5.94. The van der Waals surface area contributed by atoms with Crippen molar-refractivity contribution in [2.45, 2.75) is 23.6 Å². The summed E-state index contributed by atoms with van der Waals surface area (Å²) in [7, 11) is -8.70. The van der Waals surface area contributed by atoms with Gasteiger partial charge in [-0.2, -0.15) is 16.8 Å². The van der Waals surface area contributed by atoms with Crippen LogP contribution in [-0.2, 0) is 20.2 Å². The smallest absolute Gasteiger partial charge is 0.339 e. The van der Waals surface area contributed by atoms with Gasteiger partial charge in [0.05, 0.1) is 11.1 Å². The minimum absolute atomic E-state index is 0.0716. The Morgan fingerprint density at radius 3 is 1.24 bits per heavy atom. The Labute approximate surface area is 219 Å². The highest BCUT2D eigenvalue weighted by Gasteiger charge is 2.37. The molecule has 0 N–H and O–H groups in total. The molecule has 0 radical (unpaired) electrons. The van der Waals surface area contributed by atoms with Crippen molar-refractivity contribution in [2.75, 3.05) is 0 Å². The Hall–Kier alpha value is -4.28. The number of hydrogen-bond acceptors (Lipinski definition) is 8. The lowest BCUT2D eigenvalue weighted by Gasteiger charge is -2.22. The molecule has 4 aromatic carbocycles. The molecule has 4 aromatic rings. The maximum absolute atomic E-state index is 13.7. The monoisotopic (exact) mass is 548 g/mol. The molecule has 1 aliphatic carbocycles. The van der Waals surface area contributed by atoms with Crippen molar-refractivity contribution in [3.05, 3.63) is 118 Å². The van der Waals surface area contributed by atoms with Gasteiger partial charge in [0, 0.05) is 11.1 Å². The summed E-state index contributed by atoms with van der Waals surface area (Å²) in [4.78, 5) is 26.8. The predicted octanol–water partition coefficient (Wildman–Crippen LogP) is 4.61. The molecule has 38 heavy (non-hydrogen) atoms. The van der Waals surface area contributed by atoms with Gasteiger partial charge in [0.15, 0.2) is 17.3 Å². The average molecular weight is 549 g/mol. The van der Waals surface area contributed by atoms with Crippen molar-refractivity contribution in [2.24, 2.45) is 0 Å². The van der Waals surface area contributed by atoms with Crippen molar-refractivity contribution in [3.63, 3.8) is 0 Å². The fraction of sp³-hybridized carbons (Fsp3) is 0.0714. The highest BCUT2D eigenvalue weighted by Crippen LogP contribution is 2.39. The molecule has 0 aliphatic heterocycles. The molecule has 1 aliphatic rings. The first-order chi connectivity index (χ1) is 18.0. The molecule has 8 nitrogen and oxygen atoms in total. The van der Waals surface area contributed by atoms with Gasteiger partial charge in [-0.3, -0.25) is 9.59 Å². The van der Waals surface area contributed by atoms with Gasteiger partial charge in [-0.25, -0.2) is 0 Å². The van der Waals surface area contributed by atoms with E-state index >= 15 is 0 Å². The van der Waals surface area contributed by atoms with Crippen LogP contribution in [0, 0.1) is 13.8 Å². The minimum Gasteiger partial charge on any atom is -0.378 e. The van der Waals surface area contributed by atoms with E-state index in [-0.39, 0.29) is 43.5 Å². The van der Waals surface area contributed by atoms with Gasteiger partial charge < -0.3 is 8.37 Å². The lowest BCUT2D eigenvalue weighted by atomic mass is 9.83. The zero-order valence-corrected chi connectivity index (χ0v) is 21.8. The molecular formula is C28H20O8S2. The molecule has 0 spiro atoms. The van der Waals surface area contributed by atoms with E-state index < -0.39 is 31.8 Å². The number of ketones is 2. The van der Waals surface area contributed by atoms with Crippen LogP contribution in [-0.4, -0.2) is 28.4 Å². The minimum atomic E-state index is -4.35. The number of fused-ring (bicyclic) bond motifs is 2. The fourth-order valence-electron chi connectivity index (χ4n) is 4.06. The Balaban J connectivity index is 1.58. The van der Waals surface area contributed by atoms with E-state index in [9.17, 15) is 26.4 Å². The quantitative estimate of drug-likeness (QED) is 0.282. The molecule has 0 saturated heterocycles. The molecule has 0 fully saturated rings. The maximum atomic E-state index is 13.7. The highest BCUT2D eigenvalue weighted by atomic mass is 32.2. The highest BCUT2D eigenvalue weighted by molar-refractivity contribution is 7.87. The molecule has 0 amide bonds. The third-order valence-corrected chi connectivity index (χ3v) is 8.51. The van der Waals surface area contributed by atoms with E-state index in [0.29, 0.717) is 0 Å². The van der Waals surface area contributed by atoms with Crippen molar-refractivity contribution in [1.29, 1.82) is 0 Å². The van der Waals surface area contributed by atoms with E-state index in [0.717, 1.165) is 11.1 Å². The van der Waals surface area contributed by atoms with Gasteiger partial charge in [-0.05, 0) is 50.2 Å². The van der Waals surface area contributed by atoms with Crippen LogP contribution >= 0.6 is 0 Å². The summed E-state index contributed by atoms with van der Waals surface area (Å²) in [6.45, 7) is 3.59. The van der Waals surface area contributed by atoms with Crippen molar-refractivity contribution >= 4 is 31.8 Å². The van der Waals surface area contributed by atoms with Crippen LogP contribution in [0.5, 0.6) is 11.5 Å². The number of rotatable bonds is 6. The Kier molecular flexibility index (Phi) is 6.16. The normalized spacial score (nSPS) is 13.0.